The van der Waals surface area contributed by atoms with Crippen molar-refractivity contribution in [2.45, 2.75) is 69.8 Å². The highest BCUT2D eigenvalue weighted by molar-refractivity contribution is 5.77. The number of carboxylic acids is 1. The molecule has 0 saturated heterocycles. The zero-order valence-corrected chi connectivity index (χ0v) is 14.1. The van der Waals surface area contributed by atoms with E-state index in [1.165, 1.54) is 11.1 Å². The number of hydrogen-bond donors (Lipinski definition) is 1. The monoisotopic (exact) mass is 330 g/mol. The van der Waals surface area contributed by atoms with E-state index in [9.17, 15) is 14.7 Å². The van der Waals surface area contributed by atoms with Crippen LogP contribution in [0.25, 0.3) is 0 Å². The number of carboxylic acid groups (broad SMARTS) is 1. The summed E-state index contributed by atoms with van der Waals surface area (Å²) >= 11 is 0. The molecule has 2 aliphatic rings. The lowest BCUT2D eigenvalue weighted by molar-refractivity contribution is -0.143. The predicted octanol–water partition coefficient (Wildman–Crippen LogP) is 3.90. The van der Waals surface area contributed by atoms with Crippen LogP contribution in [0.2, 0.25) is 0 Å². The first kappa shape index (κ1) is 17.0. The Hall–Kier alpha value is -1.84. The van der Waals surface area contributed by atoms with E-state index in [0.717, 1.165) is 64.2 Å². The van der Waals surface area contributed by atoms with Crippen molar-refractivity contribution in [3.05, 3.63) is 35.4 Å². The number of aryl methyl sites for hydroxylation is 2. The van der Waals surface area contributed by atoms with Gasteiger partial charge in [-0.1, -0.05) is 24.3 Å². The Morgan fingerprint density at radius 2 is 1.54 bits per heavy atom. The summed E-state index contributed by atoms with van der Waals surface area (Å²) in [6.45, 7) is 0.581. The van der Waals surface area contributed by atoms with Crippen molar-refractivity contribution in [2.75, 3.05) is 0 Å². The fourth-order valence-electron chi connectivity index (χ4n) is 3.51. The Bertz CT molecular complexity index is 582. The summed E-state index contributed by atoms with van der Waals surface area (Å²) in [6, 6.07) is 8.65. The van der Waals surface area contributed by atoms with E-state index in [4.69, 9.17) is 4.74 Å². The Morgan fingerprint density at radius 1 is 1.00 bits per heavy atom. The summed E-state index contributed by atoms with van der Waals surface area (Å²) in [4.78, 5) is 21.6. The second-order valence-corrected chi connectivity index (χ2v) is 7.51. The summed E-state index contributed by atoms with van der Waals surface area (Å²) in [7, 11) is 0. The Labute approximate surface area is 143 Å². The number of aliphatic carboxylic acids is 1. The van der Waals surface area contributed by atoms with E-state index in [-0.39, 0.29) is 5.60 Å². The molecule has 0 aromatic heterocycles. The van der Waals surface area contributed by atoms with E-state index < -0.39 is 11.4 Å². The first-order valence-corrected chi connectivity index (χ1v) is 9.00. The lowest BCUT2D eigenvalue weighted by atomic mass is 9.96. The van der Waals surface area contributed by atoms with E-state index in [1.807, 2.05) is 0 Å². The van der Waals surface area contributed by atoms with Crippen molar-refractivity contribution in [2.24, 2.45) is 5.41 Å². The van der Waals surface area contributed by atoms with Crippen LogP contribution < -0.4 is 0 Å². The molecule has 0 radical (unpaired) electrons. The van der Waals surface area contributed by atoms with Gasteiger partial charge >= 0.3 is 5.97 Å². The Balaban J connectivity index is 1.37. The van der Waals surface area contributed by atoms with Crippen molar-refractivity contribution in [1.29, 1.82) is 0 Å². The van der Waals surface area contributed by atoms with Gasteiger partial charge in [-0.25, -0.2) is 0 Å². The highest BCUT2D eigenvalue weighted by atomic mass is 16.5. The van der Waals surface area contributed by atoms with Crippen LogP contribution in [0.3, 0.4) is 0 Å². The van der Waals surface area contributed by atoms with Gasteiger partial charge in [-0.15, -0.1) is 0 Å². The Kier molecular flexibility index (Phi) is 4.93. The van der Waals surface area contributed by atoms with E-state index in [2.05, 4.69) is 24.3 Å². The normalized spacial score (nSPS) is 19.5. The van der Waals surface area contributed by atoms with Gasteiger partial charge in [0.25, 0.3) is 6.47 Å². The third-order valence-electron chi connectivity index (χ3n) is 5.65. The van der Waals surface area contributed by atoms with Crippen LogP contribution in [-0.2, 0) is 27.2 Å². The molecule has 0 bridgehead atoms. The van der Waals surface area contributed by atoms with Gasteiger partial charge in [0.1, 0.15) is 5.60 Å². The number of rotatable bonds is 11. The van der Waals surface area contributed by atoms with Gasteiger partial charge in [-0.3, -0.25) is 9.59 Å². The largest absolute Gasteiger partial charge is 0.481 e. The predicted molar refractivity (Wildman–Crippen MR) is 90.7 cm³/mol. The topological polar surface area (TPSA) is 63.6 Å². The van der Waals surface area contributed by atoms with Gasteiger partial charge in [0, 0.05) is 0 Å². The van der Waals surface area contributed by atoms with Crippen LogP contribution in [0.15, 0.2) is 24.3 Å². The quantitative estimate of drug-likeness (QED) is 0.625. The highest BCUT2D eigenvalue weighted by Crippen LogP contribution is 2.50. The molecule has 0 heterocycles. The summed E-state index contributed by atoms with van der Waals surface area (Å²) in [5.41, 5.74) is 2.04. The molecule has 0 spiro atoms. The van der Waals surface area contributed by atoms with Gasteiger partial charge in [0.2, 0.25) is 0 Å². The summed E-state index contributed by atoms with van der Waals surface area (Å²) in [5, 5.41) is 9.19. The molecule has 0 aliphatic heterocycles. The molecular formula is C20H26O4. The first-order chi connectivity index (χ1) is 11.6. The maximum Gasteiger partial charge on any atom is 0.309 e. The minimum Gasteiger partial charge on any atom is -0.481 e. The van der Waals surface area contributed by atoms with Gasteiger partial charge in [0.05, 0.1) is 5.41 Å². The molecule has 0 amide bonds. The molecule has 3 rings (SSSR count). The second kappa shape index (κ2) is 6.96. The van der Waals surface area contributed by atoms with Crippen LogP contribution in [0, 0.1) is 5.41 Å². The van der Waals surface area contributed by atoms with Crippen LogP contribution in [0.4, 0.5) is 0 Å². The first-order valence-electron chi connectivity index (χ1n) is 9.00. The summed E-state index contributed by atoms with van der Waals surface area (Å²) in [6.07, 6.45) is 9.37. The van der Waals surface area contributed by atoms with Gasteiger partial charge in [-0.05, 0) is 75.3 Å². The van der Waals surface area contributed by atoms with Gasteiger partial charge in [0.15, 0.2) is 0 Å². The molecule has 1 aromatic carbocycles. The molecule has 1 aromatic rings. The van der Waals surface area contributed by atoms with E-state index in [1.54, 1.807) is 0 Å². The van der Waals surface area contributed by atoms with Gasteiger partial charge < -0.3 is 9.84 Å². The lowest BCUT2D eigenvalue weighted by Gasteiger charge is -2.12. The molecule has 1 N–H and O–H groups in total. The molecule has 4 nitrogen and oxygen atoms in total. The molecule has 2 aliphatic carbocycles. The van der Waals surface area contributed by atoms with Crippen molar-refractivity contribution >= 4 is 12.4 Å². The van der Waals surface area contributed by atoms with Crippen LogP contribution in [-0.4, -0.2) is 23.1 Å². The van der Waals surface area contributed by atoms with Crippen LogP contribution in [0.5, 0.6) is 0 Å². The maximum absolute atomic E-state index is 11.2. The molecule has 130 valence electrons. The molecule has 24 heavy (non-hydrogen) atoms. The number of hydrogen-bond acceptors (Lipinski definition) is 3. The minimum atomic E-state index is -0.621. The smallest absolute Gasteiger partial charge is 0.309 e. The molecule has 2 saturated carbocycles. The standard InChI is InChI=1S/C20H26O4/c21-15-24-20(13-14-20)10-2-4-17-7-5-16(6-8-17)3-1-9-19(11-12-19)18(22)23/h5-8,15H,1-4,9-14H2,(H,22,23). The zero-order chi connectivity index (χ0) is 17.0. The summed E-state index contributed by atoms with van der Waals surface area (Å²) < 4.78 is 5.17. The number of carbonyl (C=O) groups excluding carboxylic acids is 1. The number of carbonyl (C=O) groups is 2. The van der Waals surface area contributed by atoms with Crippen molar-refractivity contribution < 1.29 is 19.4 Å². The molecule has 0 unspecified atom stereocenters. The second-order valence-electron chi connectivity index (χ2n) is 7.51. The van der Waals surface area contributed by atoms with Gasteiger partial charge in [-0.2, -0.15) is 0 Å². The SMILES string of the molecule is O=COC1(CCCc2ccc(CCCC3(C(=O)O)CC3)cc2)CC1. The average Bonchev–Trinajstić information content (AvgIpc) is 3.47. The minimum absolute atomic E-state index is 0.148. The van der Waals surface area contributed by atoms with E-state index >= 15 is 0 Å². The highest BCUT2D eigenvalue weighted by Gasteiger charge is 2.49. The lowest BCUT2D eigenvalue weighted by Crippen LogP contribution is -2.14. The number of ether oxygens (including phenoxy) is 1. The van der Waals surface area contributed by atoms with E-state index in [0.29, 0.717) is 6.47 Å². The van der Waals surface area contributed by atoms with Crippen molar-refractivity contribution in [3.8, 4) is 0 Å². The number of benzene rings is 1. The zero-order valence-electron chi connectivity index (χ0n) is 14.1. The maximum atomic E-state index is 11.2. The average molecular weight is 330 g/mol. The van der Waals surface area contributed by atoms with Crippen LogP contribution >= 0.6 is 0 Å². The Morgan fingerprint density at radius 3 is 1.96 bits per heavy atom. The third kappa shape index (κ3) is 4.16. The molecule has 2 fully saturated rings. The fraction of sp³-hybridized carbons (Fsp3) is 0.600. The fourth-order valence-corrected chi connectivity index (χ4v) is 3.51. The van der Waals surface area contributed by atoms with Crippen LogP contribution in [0.1, 0.15) is 62.5 Å². The molecule has 4 heteroatoms. The summed E-state index contributed by atoms with van der Waals surface area (Å²) in [5.74, 6) is -0.621. The third-order valence-corrected chi connectivity index (χ3v) is 5.65. The molecule has 0 atom stereocenters. The van der Waals surface area contributed by atoms with Crippen molar-refractivity contribution in [1.82, 2.24) is 0 Å². The molecular weight excluding hydrogens is 304 g/mol. The van der Waals surface area contributed by atoms with Crippen molar-refractivity contribution in [3.63, 3.8) is 0 Å².